The molecule has 0 atom stereocenters. The number of para-hydroxylation sites is 1. The van der Waals surface area contributed by atoms with E-state index in [2.05, 4.69) is 22.8 Å². The lowest BCUT2D eigenvalue weighted by molar-refractivity contribution is 0.0846. The molecule has 4 rings (SSSR count). The SMILES string of the molecule is CCCCCCOc1ccc(C(=O)NNC(=O)c2ccc(COc3cccc4cccnc34)cc2)cc1OC. The minimum atomic E-state index is -0.468. The van der Waals surface area contributed by atoms with E-state index < -0.39 is 11.8 Å². The Morgan fingerprint density at radius 2 is 1.51 bits per heavy atom. The Balaban J connectivity index is 1.28. The van der Waals surface area contributed by atoms with Crippen LogP contribution in [-0.2, 0) is 6.61 Å². The number of unbranched alkanes of at least 4 members (excludes halogenated alkanes) is 3. The van der Waals surface area contributed by atoms with E-state index >= 15 is 0 Å². The number of pyridine rings is 1. The maximum absolute atomic E-state index is 12.6. The fraction of sp³-hybridized carbons (Fsp3) is 0.258. The summed E-state index contributed by atoms with van der Waals surface area (Å²) in [6.07, 6.45) is 6.14. The number of aromatic nitrogens is 1. The number of nitrogens with zero attached hydrogens (tertiary/aromatic N) is 1. The zero-order valence-electron chi connectivity index (χ0n) is 22.2. The molecule has 0 aliphatic carbocycles. The summed E-state index contributed by atoms with van der Waals surface area (Å²) in [4.78, 5) is 29.6. The number of hydrazine groups is 1. The number of ether oxygens (including phenoxy) is 3. The largest absolute Gasteiger partial charge is 0.493 e. The van der Waals surface area contributed by atoms with Crippen LogP contribution in [0.5, 0.6) is 17.2 Å². The number of amides is 2. The van der Waals surface area contributed by atoms with Gasteiger partial charge < -0.3 is 14.2 Å². The van der Waals surface area contributed by atoms with Gasteiger partial charge in [-0.25, -0.2) is 0 Å². The highest BCUT2D eigenvalue weighted by Crippen LogP contribution is 2.28. The van der Waals surface area contributed by atoms with Gasteiger partial charge in [-0.05, 0) is 54.4 Å². The molecule has 3 aromatic carbocycles. The Labute approximate surface area is 228 Å². The summed E-state index contributed by atoms with van der Waals surface area (Å²) in [7, 11) is 1.52. The smallest absolute Gasteiger partial charge is 0.269 e. The monoisotopic (exact) mass is 527 g/mol. The summed E-state index contributed by atoms with van der Waals surface area (Å²) < 4.78 is 17.1. The molecule has 0 aliphatic rings. The molecule has 1 heterocycles. The Kier molecular flexibility index (Phi) is 9.72. The fourth-order valence-electron chi connectivity index (χ4n) is 4.00. The molecule has 0 aliphatic heterocycles. The van der Waals surface area contributed by atoms with E-state index in [1.54, 1.807) is 48.7 Å². The lowest BCUT2D eigenvalue weighted by Crippen LogP contribution is -2.41. The summed E-state index contributed by atoms with van der Waals surface area (Å²) in [6.45, 7) is 3.08. The van der Waals surface area contributed by atoms with Crippen molar-refractivity contribution in [1.82, 2.24) is 15.8 Å². The van der Waals surface area contributed by atoms with Gasteiger partial charge in [-0.2, -0.15) is 0 Å². The minimum absolute atomic E-state index is 0.328. The third kappa shape index (κ3) is 7.47. The van der Waals surface area contributed by atoms with E-state index in [1.165, 1.54) is 13.5 Å². The molecule has 0 unspecified atom stereocenters. The fourth-order valence-corrected chi connectivity index (χ4v) is 4.00. The maximum Gasteiger partial charge on any atom is 0.269 e. The molecule has 0 spiro atoms. The number of hydrogen-bond acceptors (Lipinski definition) is 6. The van der Waals surface area contributed by atoms with E-state index in [-0.39, 0.29) is 0 Å². The normalized spacial score (nSPS) is 10.6. The molecule has 0 bridgehead atoms. The second-order valence-electron chi connectivity index (χ2n) is 9.00. The summed E-state index contributed by atoms with van der Waals surface area (Å²) >= 11 is 0. The summed E-state index contributed by atoms with van der Waals surface area (Å²) in [6, 6.07) is 21.5. The van der Waals surface area contributed by atoms with Gasteiger partial charge >= 0.3 is 0 Å². The zero-order chi connectivity index (χ0) is 27.5. The predicted molar refractivity (Wildman–Crippen MR) is 150 cm³/mol. The Morgan fingerprint density at radius 1 is 0.769 bits per heavy atom. The Morgan fingerprint density at radius 3 is 2.28 bits per heavy atom. The van der Waals surface area contributed by atoms with Gasteiger partial charge in [0.05, 0.1) is 13.7 Å². The van der Waals surface area contributed by atoms with Gasteiger partial charge in [0.15, 0.2) is 11.5 Å². The average molecular weight is 528 g/mol. The molecular formula is C31H33N3O5. The van der Waals surface area contributed by atoms with Crippen LogP contribution >= 0.6 is 0 Å². The van der Waals surface area contributed by atoms with Gasteiger partial charge in [0.1, 0.15) is 17.9 Å². The second-order valence-corrected chi connectivity index (χ2v) is 9.00. The van der Waals surface area contributed by atoms with E-state index in [4.69, 9.17) is 14.2 Å². The van der Waals surface area contributed by atoms with Crippen molar-refractivity contribution < 1.29 is 23.8 Å². The molecular weight excluding hydrogens is 494 g/mol. The van der Waals surface area contributed by atoms with Gasteiger partial charge in [-0.1, -0.05) is 56.5 Å². The molecule has 4 aromatic rings. The summed E-state index contributed by atoms with van der Waals surface area (Å²) in [5.41, 5.74) is 7.32. The molecule has 0 fully saturated rings. The molecule has 8 heteroatoms. The van der Waals surface area contributed by atoms with Crippen molar-refractivity contribution in [1.29, 1.82) is 0 Å². The van der Waals surface area contributed by atoms with Crippen LogP contribution in [0.1, 0.15) is 58.9 Å². The van der Waals surface area contributed by atoms with Crippen molar-refractivity contribution in [3.05, 3.63) is 95.7 Å². The molecule has 39 heavy (non-hydrogen) atoms. The minimum Gasteiger partial charge on any atom is -0.493 e. The van der Waals surface area contributed by atoms with Crippen LogP contribution in [0.4, 0.5) is 0 Å². The number of hydrogen-bond donors (Lipinski definition) is 2. The van der Waals surface area contributed by atoms with Crippen molar-refractivity contribution in [2.45, 2.75) is 39.2 Å². The third-order valence-corrected chi connectivity index (χ3v) is 6.18. The molecule has 0 radical (unpaired) electrons. The van der Waals surface area contributed by atoms with Crippen LogP contribution in [0.2, 0.25) is 0 Å². The van der Waals surface area contributed by atoms with Crippen molar-refractivity contribution in [2.75, 3.05) is 13.7 Å². The number of fused-ring (bicyclic) bond motifs is 1. The standard InChI is InChI=1S/C31H33N3O5/c1-3-4-5-6-19-38-26-17-16-25(20-28(26)37-2)31(36)34-33-30(35)24-14-12-22(13-15-24)21-39-27-11-7-9-23-10-8-18-32-29(23)27/h7-18,20H,3-6,19,21H2,1-2H3,(H,33,35)(H,34,36). The van der Waals surface area contributed by atoms with Crippen LogP contribution in [0, 0.1) is 0 Å². The van der Waals surface area contributed by atoms with E-state index in [1.807, 2.05) is 30.3 Å². The average Bonchev–Trinajstić information content (AvgIpc) is 2.98. The first-order valence-corrected chi connectivity index (χ1v) is 13.1. The van der Waals surface area contributed by atoms with E-state index in [0.717, 1.165) is 35.7 Å². The van der Waals surface area contributed by atoms with Gasteiger partial charge in [-0.15, -0.1) is 0 Å². The predicted octanol–water partition coefficient (Wildman–Crippen LogP) is 5.86. The molecule has 202 valence electrons. The molecule has 0 saturated carbocycles. The highest BCUT2D eigenvalue weighted by atomic mass is 16.5. The zero-order valence-corrected chi connectivity index (χ0v) is 22.2. The highest BCUT2D eigenvalue weighted by Gasteiger charge is 2.13. The van der Waals surface area contributed by atoms with Gasteiger partial charge in [0.2, 0.25) is 0 Å². The lowest BCUT2D eigenvalue weighted by Gasteiger charge is -2.13. The van der Waals surface area contributed by atoms with Gasteiger partial charge in [0.25, 0.3) is 11.8 Å². The molecule has 1 aromatic heterocycles. The molecule has 8 nitrogen and oxygen atoms in total. The number of carbonyl (C=O) groups excluding carboxylic acids is 2. The first kappa shape index (κ1) is 27.4. The van der Waals surface area contributed by atoms with Crippen molar-refractivity contribution >= 4 is 22.7 Å². The summed E-state index contributed by atoms with van der Waals surface area (Å²) in [5.74, 6) is 0.829. The van der Waals surface area contributed by atoms with Crippen molar-refractivity contribution in [3.63, 3.8) is 0 Å². The van der Waals surface area contributed by atoms with Crippen LogP contribution < -0.4 is 25.1 Å². The molecule has 2 amide bonds. The first-order chi connectivity index (χ1) is 19.1. The van der Waals surface area contributed by atoms with Gasteiger partial charge in [0, 0.05) is 22.7 Å². The van der Waals surface area contributed by atoms with Crippen molar-refractivity contribution in [3.8, 4) is 17.2 Å². The number of carbonyl (C=O) groups is 2. The number of benzene rings is 3. The van der Waals surface area contributed by atoms with Crippen LogP contribution in [0.15, 0.2) is 79.0 Å². The number of methoxy groups -OCH3 is 1. The van der Waals surface area contributed by atoms with E-state index in [9.17, 15) is 9.59 Å². The van der Waals surface area contributed by atoms with E-state index in [0.29, 0.717) is 41.6 Å². The number of rotatable bonds is 12. The topological polar surface area (TPSA) is 98.8 Å². The third-order valence-electron chi connectivity index (χ3n) is 6.18. The van der Waals surface area contributed by atoms with Crippen LogP contribution in [-0.4, -0.2) is 30.5 Å². The van der Waals surface area contributed by atoms with Crippen molar-refractivity contribution in [2.24, 2.45) is 0 Å². The first-order valence-electron chi connectivity index (χ1n) is 13.1. The summed E-state index contributed by atoms with van der Waals surface area (Å²) in [5, 5.41) is 1.00. The Hall–Kier alpha value is -4.59. The quantitative estimate of drug-likeness (QED) is 0.177. The Bertz CT molecular complexity index is 1400. The van der Waals surface area contributed by atoms with Gasteiger partial charge in [-0.3, -0.25) is 25.4 Å². The molecule has 2 N–H and O–H groups in total. The lowest BCUT2D eigenvalue weighted by atomic mass is 10.1. The van der Waals surface area contributed by atoms with Crippen LogP contribution in [0.3, 0.4) is 0 Å². The second kappa shape index (κ2) is 13.8. The highest BCUT2D eigenvalue weighted by molar-refractivity contribution is 5.99. The number of nitrogens with one attached hydrogen (secondary N) is 2. The maximum atomic E-state index is 12.6. The van der Waals surface area contributed by atoms with Crippen LogP contribution in [0.25, 0.3) is 10.9 Å². The molecule has 0 saturated heterocycles.